The van der Waals surface area contributed by atoms with Gasteiger partial charge in [-0.3, -0.25) is 4.79 Å². The third kappa shape index (κ3) is 3.24. The van der Waals surface area contributed by atoms with E-state index in [-0.39, 0.29) is 11.9 Å². The molecule has 2 rings (SSSR count). The maximum atomic E-state index is 12.4. The Bertz CT molecular complexity index is 497. The van der Waals surface area contributed by atoms with Crippen LogP contribution in [0.25, 0.3) is 0 Å². The van der Waals surface area contributed by atoms with Crippen molar-refractivity contribution >= 4 is 11.6 Å². The van der Waals surface area contributed by atoms with E-state index in [1.54, 1.807) is 25.3 Å². The number of carbonyl (C=O) groups is 1. The topological polar surface area (TPSA) is 64.3 Å². The summed E-state index contributed by atoms with van der Waals surface area (Å²) in [6.45, 7) is 4.51. The standard InChI is InChI=1S/C16H24N2O2/c1-16(2)9-5-6-11(10-16)18-15(19)12-7-4-8-13(20-3)14(12)17/h4,7-8,11H,5-6,9-10,17H2,1-3H3,(H,18,19). The first-order valence-corrected chi connectivity index (χ1v) is 7.16. The van der Waals surface area contributed by atoms with E-state index >= 15 is 0 Å². The molecule has 4 nitrogen and oxygen atoms in total. The lowest BCUT2D eigenvalue weighted by atomic mass is 9.75. The van der Waals surface area contributed by atoms with E-state index < -0.39 is 0 Å². The Morgan fingerprint density at radius 1 is 1.45 bits per heavy atom. The summed E-state index contributed by atoms with van der Waals surface area (Å²) < 4.78 is 5.15. The first kappa shape index (κ1) is 14.7. The molecule has 110 valence electrons. The van der Waals surface area contributed by atoms with Crippen LogP contribution in [0, 0.1) is 5.41 Å². The number of nitrogens with one attached hydrogen (secondary N) is 1. The van der Waals surface area contributed by atoms with Gasteiger partial charge in [-0.15, -0.1) is 0 Å². The number of amides is 1. The number of nitrogens with two attached hydrogens (primary N) is 1. The van der Waals surface area contributed by atoms with Crippen molar-refractivity contribution in [2.24, 2.45) is 5.41 Å². The molecule has 3 N–H and O–H groups in total. The van der Waals surface area contributed by atoms with Crippen molar-refractivity contribution in [1.29, 1.82) is 0 Å². The maximum absolute atomic E-state index is 12.4. The maximum Gasteiger partial charge on any atom is 0.253 e. The van der Waals surface area contributed by atoms with Gasteiger partial charge in [0.1, 0.15) is 5.75 Å². The number of hydrogen-bond donors (Lipinski definition) is 2. The zero-order valence-corrected chi connectivity index (χ0v) is 12.5. The highest BCUT2D eigenvalue weighted by Crippen LogP contribution is 2.35. The molecule has 0 heterocycles. The van der Waals surface area contributed by atoms with E-state index in [0.29, 0.717) is 22.4 Å². The van der Waals surface area contributed by atoms with Crippen LogP contribution < -0.4 is 15.8 Å². The van der Waals surface area contributed by atoms with Crippen molar-refractivity contribution in [3.8, 4) is 5.75 Å². The summed E-state index contributed by atoms with van der Waals surface area (Å²) in [5, 5.41) is 3.11. The summed E-state index contributed by atoms with van der Waals surface area (Å²) in [7, 11) is 1.55. The lowest BCUT2D eigenvalue weighted by molar-refractivity contribution is 0.0903. The number of rotatable bonds is 3. The highest BCUT2D eigenvalue weighted by molar-refractivity contribution is 6.00. The Hall–Kier alpha value is -1.71. The van der Waals surface area contributed by atoms with E-state index in [9.17, 15) is 4.79 Å². The molecule has 0 aromatic heterocycles. The molecule has 0 aliphatic heterocycles. The van der Waals surface area contributed by atoms with Crippen molar-refractivity contribution < 1.29 is 9.53 Å². The molecular weight excluding hydrogens is 252 g/mol. The minimum Gasteiger partial charge on any atom is -0.495 e. The minimum atomic E-state index is -0.107. The minimum absolute atomic E-state index is 0.107. The van der Waals surface area contributed by atoms with Crippen LogP contribution in [-0.4, -0.2) is 19.1 Å². The van der Waals surface area contributed by atoms with Gasteiger partial charge in [0.05, 0.1) is 18.4 Å². The van der Waals surface area contributed by atoms with E-state index in [2.05, 4.69) is 19.2 Å². The van der Waals surface area contributed by atoms with Gasteiger partial charge < -0.3 is 15.8 Å². The average molecular weight is 276 g/mol. The SMILES string of the molecule is COc1cccc(C(=O)NC2CCCC(C)(C)C2)c1N. The van der Waals surface area contributed by atoms with Crippen molar-refractivity contribution in [2.75, 3.05) is 12.8 Å². The third-order valence-corrected chi connectivity index (χ3v) is 4.07. The highest BCUT2D eigenvalue weighted by Gasteiger charge is 2.29. The number of ether oxygens (including phenoxy) is 1. The van der Waals surface area contributed by atoms with Crippen LogP contribution in [0.4, 0.5) is 5.69 Å². The largest absolute Gasteiger partial charge is 0.495 e. The van der Waals surface area contributed by atoms with Gasteiger partial charge in [-0.25, -0.2) is 0 Å². The Labute approximate surface area is 120 Å². The second-order valence-corrected chi connectivity index (χ2v) is 6.35. The van der Waals surface area contributed by atoms with E-state index in [4.69, 9.17) is 10.5 Å². The van der Waals surface area contributed by atoms with Gasteiger partial charge in [0, 0.05) is 6.04 Å². The fourth-order valence-electron chi connectivity index (χ4n) is 3.00. The molecule has 0 bridgehead atoms. The Balaban J connectivity index is 2.09. The molecule has 1 aromatic carbocycles. The molecule has 1 unspecified atom stereocenters. The van der Waals surface area contributed by atoms with Crippen LogP contribution in [-0.2, 0) is 0 Å². The summed E-state index contributed by atoms with van der Waals surface area (Å²) in [5.41, 5.74) is 7.17. The zero-order chi connectivity index (χ0) is 14.8. The molecule has 0 radical (unpaired) electrons. The Kier molecular flexibility index (Phi) is 4.21. The quantitative estimate of drug-likeness (QED) is 0.834. The van der Waals surface area contributed by atoms with Crippen molar-refractivity contribution in [3.05, 3.63) is 23.8 Å². The summed E-state index contributed by atoms with van der Waals surface area (Å²) in [5.74, 6) is 0.436. The number of methoxy groups -OCH3 is 1. The second-order valence-electron chi connectivity index (χ2n) is 6.35. The van der Waals surface area contributed by atoms with Crippen molar-refractivity contribution in [1.82, 2.24) is 5.32 Å². The smallest absolute Gasteiger partial charge is 0.253 e. The van der Waals surface area contributed by atoms with Gasteiger partial charge in [0.25, 0.3) is 5.91 Å². The van der Waals surface area contributed by atoms with E-state index in [1.165, 1.54) is 6.42 Å². The molecular formula is C16H24N2O2. The number of para-hydroxylation sites is 1. The predicted octanol–water partition coefficient (Wildman–Crippen LogP) is 2.98. The molecule has 1 atom stereocenters. The number of carbonyl (C=O) groups excluding carboxylic acids is 1. The van der Waals surface area contributed by atoms with Crippen LogP contribution in [0.5, 0.6) is 5.75 Å². The van der Waals surface area contributed by atoms with Gasteiger partial charge >= 0.3 is 0 Å². The Morgan fingerprint density at radius 2 is 2.20 bits per heavy atom. The average Bonchev–Trinajstić information content (AvgIpc) is 2.37. The molecule has 1 amide bonds. The molecule has 0 spiro atoms. The van der Waals surface area contributed by atoms with Gasteiger partial charge in [0.15, 0.2) is 0 Å². The number of benzene rings is 1. The fourth-order valence-corrected chi connectivity index (χ4v) is 3.00. The molecule has 0 saturated heterocycles. The Morgan fingerprint density at radius 3 is 2.85 bits per heavy atom. The summed E-state index contributed by atoms with van der Waals surface area (Å²) in [6, 6.07) is 5.52. The second kappa shape index (κ2) is 5.73. The molecule has 1 aliphatic carbocycles. The molecule has 1 saturated carbocycles. The molecule has 1 aliphatic rings. The monoisotopic (exact) mass is 276 g/mol. The molecule has 1 fully saturated rings. The number of hydrogen-bond acceptors (Lipinski definition) is 3. The number of anilines is 1. The van der Waals surface area contributed by atoms with Gasteiger partial charge in [-0.1, -0.05) is 26.3 Å². The number of nitrogen functional groups attached to an aromatic ring is 1. The van der Waals surface area contributed by atoms with Crippen molar-refractivity contribution in [2.45, 2.75) is 45.6 Å². The van der Waals surface area contributed by atoms with Crippen LogP contribution in [0.2, 0.25) is 0 Å². The summed E-state index contributed by atoms with van der Waals surface area (Å²) in [4.78, 5) is 12.4. The first-order chi connectivity index (χ1) is 9.43. The molecule has 20 heavy (non-hydrogen) atoms. The normalized spacial score (nSPS) is 21.2. The lowest BCUT2D eigenvalue weighted by Crippen LogP contribution is -2.40. The fraction of sp³-hybridized carbons (Fsp3) is 0.562. The third-order valence-electron chi connectivity index (χ3n) is 4.07. The van der Waals surface area contributed by atoms with Gasteiger partial charge in [0.2, 0.25) is 0 Å². The van der Waals surface area contributed by atoms with Crippen LogP contribution in [0.15, 0.2) is 18.2 Å². The molecule has 4 heteroatoms. The summed E-state index contributed by atoms with van der Waals surface area (Å²) in [6.07, 6.45) is 4.44. The van der Waals surface area contributed by atoms with Gasteiger partial charge in [-0.05, 0) is 36.8 Å². The predicted molar refractivity (Wildman–Crippen MR) is 80.9 cm³/mol. The van der Waals surface area contributed by atoms with Crippen LogP contribution in [0.3, 0.4) is 0 Å². The highest BCUT2D eigenvalue weighted by atomic mass is 16.5. The van der Waals surface area contributed by atoms with Crippen molar-refractivity contribution in [3.63, 3.8) is 0 Å². The summed E-state index contributed by atoms with van der Waals surface area (Å²) >= 11 is 0. The first-order valence-electron chi connectivity index (χ1n) is 7.16. The molecule has 1 aromatic rings. The van der Waals surface area contributed by atoms with E-state index in [0.717, 1.165) is 19.3 Å². The lowest BCUT2D eigenvalue weighted by Gasteiger charge is -2.35. The van der Waals surface area contributed by atoms with Crippen LogP contribution in [0.1, 0.15) is 49.9 Å². The van der Waals surface area contributed by atoms with Gasteiger partial charge in [-0.2, -0.15) is 0 Å². The van der Waals surface area contributed by atoms with E-state index in [1.807, 2.05) is 0 Å². The van der Waals surface area contributed by atoms with Crippen LogP contribution >= 0.6 is 0 Å². The zero-order valence-electron chi connectivity index (χ0n) is 12.5.